The zero-order valence-electron chi connectivity index (χ0n) is 27.1. The molecular weight excluding hydrogens is 825 g/mol. The summed E-state index contributed by atoms with van der Waals surface area (Å²) in [6.07, 6.45) is 3.89. The van der Waals surface area contributed by atoms with Crippen LogP contribution in [0.4, 0.5) is 0 Å². The predicted octanol–water partition coefficient (Wildman–Crippen LogP) is 10.9. The molecule has 0 unspecified atom stereocenters. The molecule has 0 fully saturated rings. The van der Waals surface area contributed by atoms with Crippen molar-refractivity contribution in [3.8, 4) is 44.8 Å². The molecule has 0 saturated carbocycles. The van der Waals surface area contributed by atoms with E-state index in [1.54, 1.807) is 0 Å². The quantitative estimate of drug-likeness (QED) is 0.128. The Labute approximate surface area is 298 Å². The maximum Gasteiger partial charge on any atom is 0.121 e. The van der Waals surface area contributed by atoms with Crippen LogP contribution in [0.15, 0.2) is 156 Å². The fraction of sp³-hybridized carbons (Fsp3) is 0.0698. The standard InChI is InChI=1S/C29H18NO.C14H16GeN.Ir/c1-3-7-20(8-4-1)22-11-13-25-26-17-24(12-14-28(26)31-29(25)19-22)27-18-23(15-16-30-27)21-9-5-2-6-10-21;1-15(2,3)13-9-10-14(16-11-13)12-7-5-4-6-8-12;/h1-11,13-19H;4-7,9-11H,1-3H3;/q2*-1;. The van der Waals surface area contributed by atoms with Gasteiger partial charge < -0.3 is 9.40 Å². The number of furan rings is 1. The van der Waals surface area contributed by atoms with Crippen LogP contribution in [0.1, 0.15) is 0 Å². The molecular formula is C43H34GeIrN2O-2. The van der Waals surface area contributed by atoms with Crippen molar-refractivity contribution < 1.29 is 24.5 Å². The molecule has 0 bridgehead atoms. The van der Waals surface area contributed by atoms with E-state index in [-0.39, 0.29) is 20.1 Å². The summed E-state index contributed by atoms with van der Waals surface area (Å²) < 4.78 is 7.59. The molecule has 5 aromatic carbocycles. The summed E-state index contributed by atoms with van der Waals surface area (Å²) >= 11 is -1.72. The monoisotopic (exact) mass is 861 g/mol. The van der Waals surface area contributed by atoms with Crippen LogP contribution in [-0.4, -0.2) is 23.2 Å². The molecule has 0 spiro atoms. The largest absolute Gasteiger partial charge is 0.500 e. The van der Waals surface area contributed by atoms with Crippen molar-refractivity contribution in [3.05, 3.63) is 164 Å². The van der Waals surface area contributed by atoms with E-state index in [0.717, 1.165) is 55.6 Å². The van der Waals surface area contributed by atoms with E-state index in [9.17, 15) is 0 Å². The van der Waals surface area contributed by atoms with E-state index in [1.165, 1.54) is 15.5 Å². The number of nitrogens with zero attached hydrogens (tertiary/aromatic N) is 2. The van der Waals surface area contributed by atoms with E-state index < -0.39 is 13.3 Å². The van der Waals surface area contributed by atoms with Crippen LogP contribution in [0.25, 0.3) is 66.7 Å². The molecule has 1 radical (unpaired) electrons. The average Bonchev–Trinajstić information content (AvgIpc) is 3.50. The SMILES string of the molecule is [CH3][Ge]([CH3])([CH3])[c]1ccc(-c2[c-]cccc2)nc1.[Ir].[c-]1cc2oc3cc(-c4ccccc4)ccc3c2cc1-c1cc(-c2ccccc2)ccn1. The summed E-state index contributed by atoms with van der Waals surface area (Å²) in [6, 6.07) is 54.1. The first-order valence-electron chi connectivity index (χ1n) is 15.8. The summed E-state index contributed by atoms with van der Waals surface area (Å²) in [5.41, 5.74) is 10.3. The predicted molar refractivity (Wildman–Crippen MR) is 198 cm³/mol. The van der Waals surface area contributed by atoms with Gasteiger partial charge in [-0.05, 0) is 40.1 Å². The summed E-state index contributed by atoms with van der Waals surface area (Å²) in [5.74, 6) is 7.14. The second-order valence-electron chi connectivity index (χ2n) is 12.6. The third-order valence-electron chi connectivity index (χ3n) is 8.27. The molecule has 0 N–H and O–H groups in total. The van der Waals surface area contributed by atoms with E-state index >= 15 is 0 Å². The minimum Gasteiger partial charge on any atom is -0.500 e. The molecule has 3 aromatic heterocycles. The molecule has 8 aromatic rings. The number of benzene rings is 5. The zero-order chi connectivity index (χ0) is 32.2. The van der Waals surface area contributed by atoms with Crippen LogP contribution in [0, 0.1) is 12.1 Å². The van der Waals surface area contributed by atoms with Crippen molar-refractivity contribution in [2.45, 2.75) is 17.3 Å². The number of hydrogen-bond donors (Lipinski definition) is 0. The minimum atomic E-state index is -1.72. The first-order chi connectivity index (χ1) is 22.9. The van der Waals surface area contributed by atoms with Gasteiger partial charge in [-0.2, -0.15) is 0 Å². The van der Waals surface area contributed by atoms with Gasteiger partial charge in [0.05, 0.1) is 5.58 Å². The summed E-state index contributed by atoms with van der Waals surface area (Å²) in [4.78, 5) is 9.13. The molecule has 8 rings (SSSR count). The normalized spacial score (nSPS) is 11.1. The van der Waals surface area contributed by atoms with Gasteiger partial charge in [-0.3, -0.25) is 0 Å². The van der Waals surface area contributed by atoms with E-state index in [2.05, 4.69) is 130 Å². The molecule has 0 saturated heterocycles. The minimum absolute atomic E-state index is 0. The van der Waals surface area contributed by atoms with Crippen molar-refractivity contribution in [3.63, 3.8) is 0 Å². The molecule has 5 heteroatoms. The second kappa shape index (κ2) is 14.7. The van der Waals surface area contributed by atoms with Crippen LogP contribution in [0.5, 0.6) is 0 Å². The third kappa shape index (κ3) is 7.42. The summed E-state index contributed by atoms with van der Waals surface area (Å²) in [6.45, 7) is 0. The molecule has 48 heavy (non-hydrogen) atoms. The Morgan fingerprint density at radius 1 is 0.542 bits per heavy atom. The maximum absolute atomic E-state index is 6.15. The average molecular weight is 860 g/mol. The molecule has 0 amide bonds. The van der Waals surface area contributed by atoms with Crippen molar-refractivity contribution in [2.24, 2.45) is 0 Å². The number of pyridine rings is 2. The van der Waals surface area contributed by atoms with Crippen molar-refractivity contribution in [1.29, 1.82) is 0 Å². The summed E-state index contributed by atoms with van der Waals surface area (Å²) in [5, 5.41) is 2.18. The molecule has 237 valence electrons. The van der Waals surface area contributed by atoms with Gasteiger partial charge in [0.1, 0.15) is 5.58 Å². The Balaban J connectivity index is 0.000000201. The molecule has 0 aliphatic heterocycles. The molecule has 0 atom stereocenters. The molecule has 0 aliphatic carbocycles. The fourth-order valence-corrected chi connectivity index (χ4v) is 7.79. The zero-order valence-corrected chi connectivity index (χ0v) is 31.6. The Hall–Kier alpha value is -4.61. The number of rotatable bonds is 5. The van der Waals surface area contributed by atoms with Crippen LogP contribution in [0.3, 0.4) is 0 Å². The third-order valence-corrected chi connectivity index (χ3v) is 12.5. The van der Waals surface area contributed by atoms with Gasteiger partial charge in [-0.25, -0.2) is 0 Å². The van der Waals surface area contributed by atoms with Gasteiger partial charge in [0.2, 0.25) is 0 Å². The number of fused-ring (bicyclic) bond motifs is 3. The van der Waals surface area contributed by atoms with Gasteiger partial charge in [-0.15, -0.1) is 23.8 Å². The Morgan fingerprint density at radius 2 is 1.25 bits per heavy atom. The Morgan fingerprint density at radius 3 is 1.90 bits per heavy atom. The molecule has 0 aliphatic rings. The van der Waals surface area contributed by atoms with Crippen LogP contribution < -0.4 is 4.40 Å². The smallest absolute Gasteiger partial charge is 0.121 e. The van der Waals surface area contributed by atoms with Gasteiger partial charge >= 0.3 is 99.8 Å². The fourth-order valence-electron chi connectivity index (χ4n) is 5.62. The van der Waals surface area contributed by atoms with E-state index in [4.69, 9.17) is 4.42 Å². The maximum atomic E-state index is 6.15. The molecule has 3 heterocycles. The van der Waals surface area contributed by atoms with Gasteiger partial charge in [0, 0.05) is 31.7 Å². The number of aromatic nitrogens is 2. The van der Waals surface area contributed by atoms with E-state index in [1.807, 2.05) is 60.9 Å². The van der Waals surface area contributed by atoms with Crippen molar-refractivity contribution in [1.82, 2.24) is 9.97 Å². The van der Waals surface area contributed by atoms with Crippen LogP contribution >= 0.6 is 0 Å². The Kier molecular flexibility index (Phi) is 10.2. The van der Waals surface area contributed by atoms with E-state index in [0.29, 0.717) is 0 Å². The topological polar surface area (TPSA) is 38.9 Å². The van der Waals surface area contributed by atoms with Gasteiger partial charge in [0.25, 0.3) is 0 Å². The van der Waals surface area contributed by atoms with Gasteiger partial charge in [0.15, 0.2) is 0 Å². The van der Waals surface area contributed by atoms with Crippen molar-refractivity contribution >= 4 is 39.6 Å². The van der Waals surface area contributed by atoms with Crippen LogP contribution in [-0.2, 0) is 20.1 Å². The van der Waals surface area contributed by atoms with Gasteiger partial charge in [-0.1, -0.05) is 84.2 Å². The number of hydrogen-bond acceptors (Lipinski definition) is 3. The summed E-state index contributed by atoms with van der Waals surface area (Å²) in [7, 11) is 0. The first-order valence-corrected chi connectivity index (χ1v) is 23.2. The first kappa shape index (κ1) is 33.3. The Bertz CT molecular complexity index is 2260. The molecule has 3 nitrogen and oxygen atoms in total. The second-order valence-corrected chi connectivity index (χ2v) is 23.2. The van der Waals surface area contributed by atoms with Crippen molar-refractivity contribution in [2.75, 3.05) is 0 Å². The van der Waals surface area contributed by atoms with Crippen LogP contribution in [0.2, 0.25) is 17.3 Å².